The summed E-state index contributed by atoms with van der Waals surface area (Å²) in [7, 11) is 0. The number of hydrogen-bond donors (Lipinski definition) is 1. The van der Waals surface area contributed by atoms with Crippen LogP contribution in [0.4, 0.5) is 0 Å². The molecule has 0 aliphatic carbocycles. The third kappa shape index (κ3) is 27.0. The third-order valence-electron chi connectivity index (χ3n) is 6.66. The summed E-state index contributed by atoms with van der Waals surface area (Å²) in [6.45, 7) is 4.40. The lowest BCUT2D eigenvalue weighted by Gasteiger charge is -2.17. The molecule has 4 nitrogen and oxygen atoms in total. The van der Waals surface area contributed by atoms with E-state index < -0.39 is 5.97 Å². The molecule has 0 rings (SSSR count). The van der Waals surface area contributed by atoms with Crippen molar-refractivity contribution in [2.24, 2.45) is 0 Å². The average Bonchev–Trinajstić information content (AvgIpc) is 2.85. The number of hydrogen-bond acceptors (Lipinski definition) is 3. The monoisotopic (exact) mass is 506 g/mol. The summed E-state index contributed by atoms with van der Waals surface area (Å²) in [6, 6.07) is 0. The van der Waals surface area contributed by atoms with Crippen molar-refractivity contribution in [2.75, 3.05) is 0 Å². The molecular weight excluding hydrogens is 448 g/mol. The van der Waals surface area contributed by atoms with Gasteiger partial charge < -0.3 is 9.84 Å². The van der Waals surface area contributed by atoms with Gasteiger partial charge in [0.1, 0.15) is 6.10 Å². The van der Waals surface area contributed by atoms with E-state index in [1.165, 1.54) is 64.2 Å². The van der Waals surface area contributed by atoms with E-state index in [4.69, 9.17) is 9.84 Å². The van der Waals surface area contributed by atoms with Crippen molar-refractivity contribution in [2.45, 2.75) is 168 Å². The summed E-state index contributed by atoms with van der Waals surface area (Å²) in [6.07, 6.45) is 33.8. The first-order chi connectivity index (χ1) is 17.6. The summed E-state index contributed by atoms with van der Waals surface area (Å²) < 4.78 is 5.78. The van der Waals surface area contributed by atoms with Crippen LogP contribution in [0.25, 0.3) is 0 Å². The van der Waals surface area contributed by atoms with Crippen LogP contribution in [0.2, 0.25) is 0 Å². The molecule has 0 spiro atoms. The van der Waals surface area contributed by atoms with Crippen molar-refractivity contribution < 1.29 is 19.4 Å². The summed E-state index contributed by atoms with van der Waals surface area (Å²) in [4.78, 5) is 22.8. The van der Waals surface area contributed by atoms with Gasteiger partial charge in [0, 0.05) is 12.8 Å². The molecular formula is C32H58O4. The number of unbranched alkanes of at least 4 members (excludes halogenated alkanes) is 14. The molecule has 0 radical (unpaired) electrons. The van der Waals surface area contributed by atoms with Crippen LogP contribution in [0.15, 0.2) is 24.3 Å². The van der Waals surface area contributed by atoms with Gasteiger partial charge in [-0.2, -0.15) is 0 Å². The molecule has 0 heterocycles. The first-order valence-corrected chi connectivity index (χ1v) is 15.3. The Kier molecular flexibility index (Phi) is 26.8. The van der Waals surface area contributed by atoms with Gasteiger partial charge in [0.2, 0.25) is 0 Å². The van der Waals surface area contributed by atoms with Gasteiger partial charge in [0.25, 0.3) is 0 Å². The molecule has 0 fully saturated rings. The molecule has 0 saturated carbocycles. The van der Waals surface area contributed by atoms with Crippen LogP contribution in [-0.4, -0.2) is 23.1 Å². The van der Waals surface area contributed by atoms with Gasteiger partial charge in [0.15, 0.2) is 0 Å². The van der Waals surface area contributed by atoms with Gasteiger partial charge in [-0.15, -0.1) is 0 Å². The smallest absolute Gasteiger partial charge is 0.306 e. The zero-order valence-electron chi connectivity index (χ0n) is 23.8. The Bertz CT molecular complexity index is 552. The minimum atomic E-state index is -0.693. The molecule has 0 saturated heterocycles. The van der Waals surface area contributed by atoms with Crippen LogP contribution in [0.1, 0.15) is 162 Å². The molecule has 0 aromatic heterocycles. The number of allylic oxidation sites excluding steroid dienone is 4. The van der Waals surface area contributed by atoms with Crippen LogP contribution < -0.4 is 0 Å². The number of carbonyl (C=O) groups excluding carboxylic acids is 1. The molecule has 0 aromatic rings. The highest BCUT2D eigenvalue weighted by Crippen LogP contribution is 2.16. The van der Waals surface area contributed by atoms with Crippen molar-refractivity contribution in [1.29, 1.82) is 0 Å². The van der Waals surface area contributed by atoms with Crippen molar-refractivity contribution >= 4 is 11.9 Å². The molecule has 1 N–H and O–H groups in total. The molecule has 1 atom stereocenters. The van der Waals surface area contributed by atoms with Crippen molar-refractivity contribution in [3.63, 3.8) is 0 Å². The molecule has 0 aliphatic heterocycles. The summed E-state index contributed by atoms with van der Waals surface area (Å²) in [5.41, 5.74) is 0. The van der Waals surface area contributed by atoms with Gasteiger partial charge in [-0.05, 0) is 64.2 Å². The number of carboxylic acids is 1. The second kappa shape index (κ2) is 28.0. The van der Waals surface area contributed by atoms with Gasteiger partial charge >= 0.3 is 11.9 Å². The highest BCUT2D eigenvalue weighted by Gasteiger charge is 2.13. The molecule has 0 aliphatic rings. The number of carboxylic acid groups (broad SMARTS) is 1. The zero-order valence-corrected chi connectivity index (χ0v) is 23.8. The fourth-order valence-electron chi connectivity index (χ4n) is 4.44. The first kappa shape index (κ1) is 34.4. The van der Waals surface area contributed by atoms with E-state index in [9.17, 15) is 9.59 Å². The molecule has 36 heavy (non-hydrogen) atoms. The Labute approximate surface area is 223 Å². The highest BCUT2D eigenvalue weighted by atomic mass is 16.5. The SMILES string of the molecule is CCCCC/C=C\C/C=C\CCCCCCCC(=O)OC(CCC)CCCCCCCCCC(=O)O. The van der Waals surface area contributed by atoms with Crippen molar-refractivity contribution in [3.8, 4) is 0 Å². The zero-order chi connectivity index (χ0) is 26.5. The van der Waals surface area contributed by atoms with Crippen molar-refractivity contribution in [3.05, 3.63) is 24.3 Å². The Morgan fingerprint density at radius 1 is 0.611 bits per heavy atom. The largest absolute Gasteiger partial charge is 0.481 e. The van der Waals surface area contributed by atoms with E-state index in [0.29, 0.717) is 12.8 Å². The third-order valence-corrected chi connectivity index (χ3v) is 6.66. The average molecular weight is 507 g/mol. The molecule has 1 unspecified atom stereocenters. The molecule has 0 aromatic carbocycles. The van der Waals surface area contributed by atoms with Gasteiger partial charge in [0.05, 0.1) is 0 Å². The molecule has 0 bridgehead atoms. The number of aliphatic carboxylic acids is 1. The van der Waals surface area contributed by atoms with Crippen LogP contribution in [-0.2, 0) is 14.3 Å². The number of esters is 1. The Morgan fingerprint density at radius 2 is 1.14 bits per heavy atom. The minimum Gasteiger partial charge on any atom is -0.481 e. The summed E-state index contributed by atoms with van der Waals surface area (Å²) in [5.74, 6) is -0.709. The van der Waals surface area contributed by atoms with Crippen LogP contribution >= 0.6 is 0 Å². The van der Waals surface area contributed by atoms with E-state index in [2.05, 4.69) is 38.2 Å². The predicted octanol–water partition coefficient (Wildman–Crippen LogP) is 10.1. The Balaban J connectivity index is 3.63. The lowest BCUT2D eigenvalue weighted by molar-refractivity contribution is -0.150. The van der Waals surface area contributed by atoms with Crippen molar-refractivity contribution in [1.82, 2.24) is 0 Å². The number of carbonyl (C=O) groups is 2. The predicted molar refractivity (Wildman–Crippen MR) is 153 cm³/mol. The molecule has 4 heteroatoms. The maximum Gasteiger partial charge on any atom is 0.306 e. The second-order valence-electron chi connectivity index (χ2n) is 10.3. The lowest BCUT2D eigenvalue weighted by Crippen LogP contribution is -2.18. The maximum atomic E-state index is 12.3. The van der Waals surface area contributed by atoms with Gasteiger partial charge in [-0.25, -0.2) is 0 Å². The molecule has 0 amide bonds. The fraction of sp³-hybridized carbons (Fsp3) is 0.812. The van der Waals surface area contributed by atoms with Crippen LogP contribution in [0.3, 0.4) is 0 Å². The van der Waals surface area contributed by atoms with E-state index in [-0.39, 0.29) is 12.1 Å². The van der Waals surface area contributed by atoms with E-state index in [1.807, 2.05) is 0 Å². The highest BCUT2D eigenvalue weighted by molar-refractivity contribution is 5.69. The Morgan fingerprint density at radius 3 is 1.72 bits per heavy atom. The summed E-state index contributed by atoms with van der Waals surface area (Å²) in [5, 5.41) is 8.65. The lowest BCUT2D eigenvalue weighted by atomic mass is 10.0. The van der Waals surface area contributed by atoms with E-state index in [1.54, 1.807) is 0 Å². The number of ether oxygens (including phenoxy) is 1. The number of rotatable bonds is 27. The van der Waals surface area contributed by atoms with Gasteiger partial charge in [-0.1, -0.05) is 109 Å². The van der Waals surface area contributed by atoms with E-state index >= 15 is 0 Å². The normalized spacial score (nSPS) is 12.5. The van der Waals surface area contributed by atoms with Crippen LogP contribution in [0.5, 0.6) is 0 Å². The first-order valence-electron chi connectivity index (χ1n) is 15.3. The second-order valence-corrected chi connectivity index (χ2v) is 10.3. The standard InChI is InChI=1S/C32H58O4/c1-3-5-6-7-8-9-10-11-12-13-14-15-19-22-25-29-32(35)36-30(26-4-2)27-23-20-17-16-18-21-24-28-31(33)34/h8-9,11-12,30H,3-7,10,13-29H2,1-2H3,(H,33,34)/b9-8-,12-11-. The maximum absolute atomic E-state index is 12.3. The quantitative estimate of drug-likeness (QED) is 0.0683. The van der Waals surface area contributed by atoms with Gasteiger partial charge in [-0.3, -0.25) is 9.59 Å². The fourth-order valence-corrected chi connectivity index (χ4v) is 4.44. The summed E-state index contributed by atoms with van der Waals surface area (Å²) >= 11 is 0. The minimum absolute atomic E-state index is 0.0161. The van der Waals surface area contributed by atoms with Crippen LogP contribution in [0, 0.1) is 0 Å². The molecule has 210 valence electrons. The van der Waals surface area contributed by atoms with E-state index in [0.717, 1.165) is 70.6 Å². The topological polar surface area (TPSA) is 63.6 Å². The Hall–Kier alpha value is -1.58.